The number of benzene rings is 1. The van der Waals surface area contributed by atoms with Crippen LogP contribution in [0.3, 0.4) is 0 Å². The van der Waals surface area contributed by atoms with E-state index in [0.717, 1.165) is 18.4 Å². The quantitative estimate of drug-likeness (QED) is 0.288. The van der Waals surface area contributed by atoms with Crippen molar-refractivity contribution >= 4 is 5.69 Å². The van der Waals surface area contributed by atoms with Gasteiger partial charge in [-0.1, -0.05) is 70.4 Å². The van der Waals surface area contributed by atoms with Gasteiger partial charge in [0.2, 0.25) is 0 Å². The third-order valence-electron chi connectivity index (χ3n) is 5.26. The maximum Gasteiger partial charge on any atom is 0.269 e. The Balaban J connectivity index is 2.59. The Kier molecular flexibility index (Phi) is 9.23. The number of hydrogen-bond donors (Lipinski definition) is 2. The minimum absolute atomic E-state index is 0.0479. The third kappa shape index (κ3) is 7.42. The smallest absolute Gasteiger partial charge is 0.269 e. The predicted octanol–water partition coefficient (Wildman–Crippen LogP) is 5.14. The summed E-state index contributed by atoms with van der Waals surface area (Å²) in [7, 11) is 0. The van der Waals surface area contributed by atoms with Crippen molar-refractivity contribution < 1.29 is 10.0 Å². The minimum Gasteiger partial charge on any atom is -0.388 e. The van der Waals surface area contributed by atoms with E-state index in [1.807, 2.05) is 19.9 Å². The van der Waals surface area contributed by atoms with Gasteiger partial charge in [-0.2, -0.15) is 0 Å². The number of nitrogens with zero attached hydrogens (tertiary/aromatic N) is 1. The molecule has 5 nitrogen and oxygen atoms in total. The maximum absolute atomic E-state index is 11.2. The van der Waals surface area contributed by atoms with Crippen molar-refractivity contribution in [2.75, 3.05) is 0 Å². The molecule has 148 valence electrons. The molecule has 1 unspecified atom stereocenters. The van der Waals surface area contributed by atoms with Crippen LogP contribution < -0.4 is 5.73 Å². The second kappa shape index (κ2) is 10.6. The van der Waals surface area contributed by atoms with Crippen molar-refractivity contribution in [3.8, 4) is 0 Å². The molecule has 0 saturated heterocycles. The van der Waals surface area contributed by atoms with E-state index in [1.54, 1.807) is 6.07 Å². The first kappa shape index (κ1) is 22.6. The molecule has 0 aliphatic carbocycles. The molecular weight excluding hydrogens is 328 g/mol. The first-order chi connectivity index (χ1) is 12.2. The topological polar surface area (TPSA) is 89.4 Å². The van der Waals surface area contributed by atoms with E-state index in [9.17, 15) is 15.2 Å². The van der Waals surface area contributed by atoms with E-state index in [0.29, 0.717) is 12.8 Å². The van der Waals surface area contributed by atoms with Crippen LogP contribution >= 0.6 is 0 Å². The fraction of sp³-hybridized carbons (Fsp3) is 0.714. The number of non-ortho nitro benzene ring substituents is 1. The molecule has 3 N–H and O–H groups in total. The lowest BCUT2D eigenvalue weighted by Gasteiger charge is -2.40. The highest BCUT2D eigenvalue weighted by Gasteiger charge is 2.40. The van der Waals surface area contributed by atoms with Crippen molar-refractivity contribution in [1.29, 1.82) is 0 Å². The summed E-state index contributed by atoms with van der Waals surface area (Å²) in [4.78, 5) is 10.6. The Morgan fingerprint density at radius 1 is 1.08 bits per heavy atom. The van der Waals surface area contributed by atoms with Crippen LogP contribution in [-0.4, -0.2) is 21.2 Å². The SMILES string of the molecule is CCCCCCCCCCC(O)(Cc1cccc([N+](=O)[O-])c1)C(C)(C)N. The van der Waals surface area contributed by atoms with E-state index in [4.69, 9.17) is 5.73 Å². The highest BCUT2D eigenvalue weighted by molar-refractivity contribution is 5.35. The lowest BCUT2D eigenvalue weighted by molar-refractivity contribution is -0.384. The standard InChI is InChI=1S/C21H36N2O3/c1-4-5-6-7-8-9-10-11-15-21(24,20(2,3)22)17-18-13-12-14-19(16-18)23(25)26/h12-14,16,24H,4-11,15,17,22H2,1-3H3. The molecule has 0 spiro atoms. The monoisotopic (exact) mass is 364 g/mol. The van der Waals surface area contributed by atoms with Crippen LogP contribution in [0.1, 0.15) is 84.1 Å². The van der Waals surface area contributed by atoms with Crippen LogP contribution in [0, 0.1) is 10.1 Å². The molecule has 0 amide bonds. The van der Waals surface area contributed by atoms with Gasteiger partial charge in [-0.3, -0.25) is 10.1 Å². The average Bonchev–Trinajstić information content (AvgIpc) is 2.56. The van der Waals surface area contributed by atoms with Crippen molar-refractivity contribution in [1.82, 2.24) is 0 Å². The Morgan fingerprint density at radius 2 is 1.65 bits per heavy atom. The van der Waals surface area contributed by atoms with E-state index >= 15 is 0 Å². The summed E-state index contributed by atoms with van der Waals surface area (Å²) >= 11 is 0. The number of hydrogen-bond acceptors (Lipinski definition) is 4. The van der Waals surface area contributed by atoms with Gasteiger partial charge in [-0.15, -0.1) is 0 Å². The Hall–Kier alpha value is -1.46. The molecular formula is C21H36N2O3. The molecule has 0 aliphatic rings. The molecule has 0 aromatic heterocycles. The molecule has 1 rings (SSSR count). The van der Waals surface area contributed by atoms with Gasteiger partial charge in [0.15, 0.2) is 0 Å². The van der Waals surface area contributed by atoms with Gasteiger partial charge in [0, 0.05) is 24.1 Å². The molecule has 1 atom stereocenters. The summed E-state index contributed by atoms with van der Waals surface area (Å²) in [6, 6.07) is 6.48. The highest BCUT2D eigenvalue weighted by Crippen LogP contribution is 2.31. The fourth-order valence-corrected chi connectivity index (χ4v) is 3.31. The largest absolute Gasteiger partial charge is 0.388 e. The zero-order valence-electron chi connectivity index (χ0n) is 16.7. The molecule has 26 heavy (non-hydrogen) atoms. The van der Waals surface area contributed by atoms with Gasteiger partial charge in [0.25, 0.3) is 5.69 Å². The zero-order valence-corrected chi connectivity index (χ0v) is 16.7. The van der Waals surface area contributed by atoms with Gasteiger partial charge >= 0.3 is 0 Å². The number of nitro groups is 1. The van der Waals surface area contributed by atoms with Gasteiger partial charge in [-0.05, 0) is 25.8 Å². The first-order valence-electron chi connectivity index (χ1n) is 9.94. The normalized spacial score (nSPS) is 14.2. The summed E-state index contributed by atoms with van der Waals surface area (Å²) < 4.78 is 0. The summed E-state index contributed by atoms with van der Waals surface area (Å²) in [5.74, 6) is 0. The lowest BCUT2D eigenvalue weighted by Crippen LogP contribution is -2.57. The van der Waals surface area contributed by atoms with E-state index < -0.39 is 16.1 Å². The molecule has 0 heterocycles. The predicted molar refractivity (Wildman–Crippen MR) is 107 cm³/mol. The molecule has 1 aromatic rings. The van der Waals surface area contributed by atoms with Gasteiger partial charge < -0.3 is 10.8 Å². The summed E-state index contributed by atoms with van der Waals surface area (Å²) in [6.45, 7) is 5.88. The summed E-state index contributed by atoms with van der Waals surface area (Å²) in [6.07, 6.45) is 10.5. The number of unbranched alkanes of at least 4 members (excludes halogenated alkanes) is 7. The van der Waals surface area contributed by atoms with Gasteiger partial charge in [0.1, 0.15) is 0 Å². The second-order valence-electron chi connectivity index (χ2n) is 8.08. The molecule has 1 aromatic carbocycles. The average molecular weight is 365 g/mol. The Morgan fingerprint density at radius 3 is 2.19 bits per heavy atom. The fourth-order valence-electron chi connectivity index (χ4n) is 3.31. The summed E-state index contributed by atoms with van der Waals surface area (Å²) in [5.41, 5.74) is 5.21. The molecule has 0 bridgehead atoms. The van der Waals surface area contributed by atoms with Crippen molar-refractivity contribution in [2.24, 2.45) is 5.73 Å². The highest BCUT2D eigenvalue weighted by atomic mass is 16.6. The number of aliphatic hydroxyl groups is 1. The molecule has 0 aliphatic heterocycles. The van der Waals surface area contributed by atoms with Gasteiger partial charge in [-0.25, -0.2) is 0 Å². The van der Waals surface area contributed by atoms with Crippen LogP contribution in [0.2, 0.25) is 0 Å². The number of rotatable bonds is 13. The maximum atomic E-state index is 11.2. The van der Waals surface area contributed by atoms with E-state index in [1.165, 1.54) is 50.7 Å². The van der Waals surface area contributed by atoms with Crippen LogP contribution in [0.5, 0.6) is 0 Å². The molecule has 0 fully saturated rings. The van der Waals surface area contributed by atoms with Gasteiger partial charge in [0.05, 0.1) is 10.5 Å². The van der Waals surface area contributed by atoms with Crippen LogP contribution in [0.15, 0.2) is 24.3 Å². The lowest BCUT2D eigenvalue weighted by atomic mass is 9.75. The van der Waals surface area contributed by atoms with Crippen molar-refractivity contribution in [2.45, 2.75) is 96.1 Å². The number of nitrogens with two attached hydrogens (primary N) is 1. The van der Waals surface area contributed by atoms with E-state index in [2.05, 4.69) is 6.92 Å². The third-order valence-corrected chi connectivity index (χ3v) is 5.26. The Bertz CT molecular complexity index is 554. The van der Waals surface area contributed by atoms with Crippen molar-refractivity contribution in [3.05, 3.63) is 39.9 Å². The van der Waals surface area contributed by atoms with Crippen molar-refractivity contribution in [3.63, 3.8) is 0 Å². The summed E-state index contributed by atoms with van der Waals surface area (Å²) in [5, 5.41) is 22.2. The molecule has 0 radical (unpaired) electrons. The Labute approximate surface area is 158 Å². The first-order valence-corrected chi connectivity index (χ1v) is 9.94. The van der Waals surface area contributed by atoms with Crippen LogP contribution in [-0.2, 0) is 6.42 Å². The molecule has 0 saturated carbocycles. The molecule has 5 heteroatoms. The van der Waals surface area contributed by atoms with Crippen LogP contribution in [0.25, 0.3) is 0 Å². The van der Waals surface area contributed by atoms with E-state index in [-0.39, 0.29) is 5.69 Å². The minimum atomic E-state index is -1.08. The second-order valence-corrected chi connectivity index (χ2v) is 8.08. The number of nitro benzene ring substituents is 1. The van der Waals surface area contributed by atoms with Crippen LogP contribution in [0.4, 0.5) is 5.69 Å². The zero-order chi connectivity index (χ0) is 19.6.